The number of hydrogen-bond acceptors (Lipinski definition) is 4. The number of pyridine rings is 1. The van der Waals surface area contributed by atoms with Crippen LogP contribution in [0.1, 0.15) is 25.0 Å². The fourth-order valence-corrected chi connectivity index (χ4v) is 3.93. The van der Waals surface area contributed by atoms with Crippen LogP contribution in [0.15, 0.2) is 35.3 Å². The van der Waals surface area contributed by atoms with Crippen molar-refractivity contribution in [1.82, 2.24) is 20.0 Å². The second-order valence-electron chi connectivity index (χ2n) is 6.58. The summed E-state index contributed by atoms with van der Waals surface area (Å²) in [6.07, 6.45) is 5.54. The molecule has 3 atom stereocenters. The van der Waals surface area contributed by atoms with Crippen molar-refractivity contribution in [2.75, 3.05) is 13.1 Å². The minimum Gasteiger partial charge on any atom is -0.316 e. The van der Waals surface area contributed by atoms with E-state index in [9.17, 15) is 4.79 Å². The molecule has 2 aliphatic rings. The van der Waals surface area contributed by atoms with E-state index < -0.39 is 0 Å². The summed E-state index contributed by atoms with van der Waals surface area (Å²) in [5.41, 5.74) is 1.55. The molecule has 2 aromatic heterocycles. The van der Waals surface area contributed by atoms with Gasteiger partial charge in [-0.15, -0.1) is 0 Å². The van der Waals surface area contributed by atoms with Gasteiger partial charge in [-0.1, -0.05) is 6.07 Å². The van der Waals surface area contributed by atoms with Gasteiger partial charge < -0.3 is 10.6 Å². The van der Waals surface area contributed by atoms with Crippen LogP contribution >= 0.6 is 0 Å². The number of hydrogen-bond donors (Lipinski definition) is 2. The van der Waals surface area contributed by atoms with Crippen LogP contribution in [-0.4, -0.2) is 28.5 Å². The van der Waals surface area contributed by atoms with Crippen LogP contribution in [-0.2, 0) is 6.54 Å². The van der Waals surface area contributed by atoms with Gasteiger partial charge in [0.2, 0.25) is 0 Å². The molecule has 3 heterocycles. The molecule has 0 aromatic carbocycles. The summed E-state index contributed by atoms with van der Waals surface area (Å²) >= 11 is 0. The first-order valence-electron chi connectivity index (χ1n) is 8.21. The molecule has 2 N–H and O–H groups in total. The number of aromatic nitrogens is 2. The van der Waals surface area contributed by atoms with E-state index in [4.69, 9.17) is 0 Å². The molecule has 0 amide bonds. The van der Waals surface area contributed by atoms with E-state index >= 15 is 0 Å². The summed E-state index contributed by atoms with van der Waals surface area (Å²) in [5, 5.41) is 7.11. The van der Waals surface area contributed by atoms with Crippen LogP contribution in [0.5, 0.6) is 0 Å². The Hall–Kier alpha value is -1.72. The van der Waals surface area contributed by atoms with Crippen LogP contribution in [0.2, 0.25) is 0 Å². The number of nitrogens with one attached hydrogen (secondary N) is 2. The summed E-state index contributed by atoms with van der Waals surface area (Å²) in [6.45, 7) is 3.04. The molecule has 5 heteroatoms. The standard InChI is InChI=1S/C17H22N4O/c22-17-8-15(20-16-3-1-2-6-21(16)17)11-19-14-5-4-12-9-18-10-13(12)7-14/h1-3,6,8,12-14,18-19H,4-5,7,9-11H2. The van der Waals surface area contributed by atoms with E-state index in [0.717, 1.165) is 23.2 Å². The third-order valence-corrected chi connectivity index (χ3v) is 5.15. The van der Waals surface area contributed by atoms with Crippen LogP contribution in [0.25, 0.3) is 5.65 Å². The van der Waals surface area contributed by atoms with Crippen LogP contribution in [0, 0.1) is 11.8 Å². The highest BCUT2D eigenvalue weighted by Gasteiger charge is 2.33. The molecule has 2 fully saturated rings. The van der Waals surface area contributed by atoms with E-state index in [0.29, 0.717) is 12.6 Å². The van der Waals surface area contributed by atoms with Crippen molar-refractivity contribution in [3.8, 4) is 0 Å². The Morgan fingerprint density at radius 2 is 2.18 bits per heavy atom. The molecule has 1 aliphatic heterocycles. The Kier molecular flexibility index (Phi) is 3.68. The molecular formula is C17H22N4O. The molecule has 22 heavy (non-hydrogen) atoms. The average molecular weight is 298 g/mol. The van der Waals surface area contributed by atoms with Crippen LogP contribution < -0.4 is 16.2 Å². The maximum atomic E-state index is 12.1. The number of fused-ring (bicyclic) bond motifs is 2. The molecular weight excluding hydrogens is 276 g/mol. The lowest BCUT2D eigenvalue weighted by molar-refractivity contribution is 0.241. The predicted octanol–water partition coefficient (Wildman–Crippen LogP) is 1.17. The van der Waals surface area contributed by atoms with Gasteiger partial charge in [0, 0.05) is 24.8 Å². The second-order valence-corrected chi connectivity index (χ2v) is 6.58. The Labute approximate surface area is 129 Å². The average Bonchev–Trinajstić information content (AvgIpc) is 3.00. The minimum absolute atomic E-state index is 0.00824. The maximum absolute atomic E-state index is 12.1. The van der Waals surface area contributed by atoms with Crippen molar-refractivity contribution in [1.29, 1.82) is 0 Å². The van der Waals surface area contributed by atoms with Crippen LogP contribution in [0.3, 0.4) is 0 Å². The Morgan fingerprint density at radius 3 is 3.14 bits per heavy atom. The predicted molar refractivity (Wildman–Crippen MR) is 85.8 cm³/mol. The zero-order valence-corrected chi connectivity index (χ0v) is 12.7. The number of nitrogens with zero attached hydrogens (tertiary/aromatic N) is 2. The smallest absolute Gasteiger partial charge is 0.258 e. The SMILES string of the molecule is O=c1cc(CNC2CCC3CNCC3C2)nc2ccccn12. The zero-order chi connectivity index (χ0) is 14.9. The lowest BCUT2D eigenvalue weighted by atomic mass is 9.79. The third kappa shape index (κ3) is 2.66. The van der Waals surface area contributed by atoms with Gasteiger partial charge in [0.25, 0.3) is 5.56 Å². The van der Waals surface area contributed by atoms with Crippen molar-refractivity contribution < 1.29 is 0 Å². The summed E-state index contributed by atoms with van der Waals surface area (Å²) in [7, 11) is 0. The van der Waals surface area contributed by atoms with Crippen molar-refractivity contribution in [2.45, 2.75) is 31.8 Å². The molecule has 0 radical (unpaired) electrons. The molecule has 3 unspecified atom stereocenters. The van der Waals surface area contributed by atoms with Gasteiger partial charge >= 0.3 is 0 Å². The van der Waals surface area contributed by atoms with Crippen molar-refractivity contribution in [3.05, 3.63) is 46.5 Å². The van der Waals surface area contributed by atoms with Crippen molar-refractivity contribution in [3.63, 3.8) is 0 Å². The lowest BCUT2D eigenvalue weighted by Gasteiger charge is -2.31. The molecule has 1 saturated carbocycles. The Morgan fingerprint density at radius 1 is 1.27 bits per heavy atom. The fraction of sp³-hybridized carbons (Fsp3) is 0.529. The third-order valence-electron chi connectivity index (χ3n) is 5.15. The molecule has 0 bridgehead atoms. The molecule has 1 aliphatic carbocycles. The molecule has 0 spiro atoms. The first kappa shape index (κ1) is 13.9. The highest BCUT2D eigenvalue weighted by atomic mass is 16.1. The highest BCUT2D eigenvalue weighted by Crippen LogP contribution is 2.32. The van der Waals surface area contributed by atoms with Gasteiger partial charge in [-0.2, -0.15) is 0 Å². The number of rotatable bonds is 3. The van der Waals surface area contributed by atoms with Gasteiger partial charge in [-0.05, 0) is 56.3 Å². The molecule has 4 rings (SSSR count). The van der Waals surface area contributed by atoms with Gasteiger partial charge in [-0.25, -0.2) is 4.98 Å². The normalized spacial score (nSPS) is 27.9. The largest absolute Gasteiger partial charge is 0.316 e. The lowest BCUT2D eigenvalue weighted by Crippen LogP contribution is -2.37. The monoisotopic (exact) mass is 298 g/mol. The second kappa shape index (κ2) is 5.82. The first-order chi connectivity index (χ1) is 10.8. The van der Waals surface area contributed by atoms with Gasteiger partial charge in [0.05, 0.1) is 5.69 Å². The molecule has 2 aromatic rings. The zero-order valence-electron chi connectivity index (χ0n) is 12.7. The van der Waals surface area contributed by atoms with Gasteiger partial charge in [-0.3, -0.25) is 9.20 Å². The summed E-state index contributed by atoms with van der Waals surface area (Å²) in [6, 6.07) is 7.83. The van der Waals surface area contributed by atoms with E-state index in [1.165, 1.54) is 32.4 Å². The molecule has 1 saturated heterocycles. The Bertz CT molecular complexity index is 726. The summed E-state index contributed by atoms with van der Waals surface area (Å²) in [4.78, 5) is 16.7. The Balaban J connectivity index is 1.44. The van der Waals surface area contributed by atoms with Gasteiger partial charge in [0.1, 0.15) is 5.65 Å². The van der Waals surface area contributed by atoms with Crippen LogP contribution in [0.4, 0.5) is 0 Å². The maximum Gasteiger partial charge on any atom is 0.258 e. The van der Waals surface area contributed by atoms with E-state index in [1.807, 2.05) is 18.2 Å². The van der Waals surface area contributed by atoms with E-state index in [1.54, 1.807) is 16.7 Å². The first-order valence-corrected chi connectivity index (χ1v) is 8.21. The fourth-order valence-electron chi connectivity index (χ4n) is 3.93. The van der Waals surface area contributed by atoms with Crippen molar-refractivity contribution >= 4 is 5.65 Å². The molecule has 5 nitrogen and oxygen atoms in total. The summed E-state index contributed by atoms with van der Waals surface area (Å²) in [5.74, 6) is 1.70. The highest BCUT2D eigenvalue weighted by molar-refractivity contribution is 5.37. The van der Waals surface area contributed by atoms with E-state index in [-0.39, 0.29) is 5.56 Å². The molecule has 116 valence electrons. The van der Waals surface area contributed by atoms with Crippen molar-refractivity contribution in [2.24, 2.45) is 11.8 Å². The van der Waals surface area contributed by atoms with Gasteiger partial charge in [0.15, 0.2) is 0 Å². The minimum atomic E-state index is -0.00824. The summed E-state index contributed by atoms with van der Waals surface area (Å²) < 4.78 is 1.58. The van der Waals surface area contributed by atoms with E-state index in [2.05, 4.69) is 15.6 Å². The topological polar surface area (TPSA) is 58.4 Å². The quantitative estimate of drug-likeness (QED) is 0.893.